The highest BCUT2D eigenvalue weighted by atomic mass is 19.3. The molecule has 0 aliphatic carbocycles. The summed E-state index contributed by atoms with van der Waals surface area (Å²) in [6.07, 6.45) is -3.14. The number of carboxylic acid groups (broad SMARTS) is 1. The summed E-state index contributed by atoms with van der Waals surface area (Å²) in [5, 5.41) is 8.52. The van der Waals surface area contributed by atoms with Gasteiger partial charge in [-0.05, 0) is 12.1 Å². The van der Waals surface area contributed by atoms with Crippen LogP contribution in [0.3, 0.4) is 0 Å². The van der Waals surface area contributed by atoms with E-state index in [0.717, 1.165) is 12.1 Å². The lowest BCUT2D eigenvalue weighted by molar-refractivity contribution is 0.00595. The van der Waals surface area contributed by atoms with E-state index in [2.05, 4.69) is 0 Å². The van der Waals surface area contributed by atoms with E-state index in [9.17, 15) is 26.7 Å². The van der Waals surface area contributed by atoms with Gasteiger partial charge < -0.3 is 5.11 Å². The third kappa shape index (κ3) is 2.61. The van der Waals surface area contributed by atoms with Crippen molar-refractivity contribution in [3.05, 3.63) is 47.3 Å². The maximum atomic E-state index is 13.1. The second kappa shape index (κ2) is 4.52. The van der Waals surface area contributed by atoms with Gasteiger partial charge in [0.05, 0.1) is 5.56 Å². The molecule has 0 unspecified atom stereocenters. The van der Waals surface area contributed by atoms with Crippen LogP contribution in [0.1, 0.15) is 15.9 Å². The minimum Gasteiger partial charge on any atom is -0.478 e. The van der Waals surface area contributed by atoms with Crippen LogP contribution in [0.25, 0.3) is 0 Å². The van der Waals surface area contributed by atoms with E-state index >= 15 is 0 Å². The number of alkyl halides is 2. The van der Waals surface area contributed by atoms with Gasteiger partial charge in [0.15, 0.2) is 0 Å². The predicted octanol–water partition coefficient (Wildman–Crippen LogP) is 3.55. The van der Waals surface area contributed by atoms with Crippen LogP contribution >= 0.6 is 0 Å². The molecule has 17 heavy (non-hydrogen) atoms. The molecule has 0 radical (unpaired) electrons. The number of carboxylic acids is 1. The van der Waals surface area contributed by atoms with Crippen LogP contribution in [0.15, 0.2) is 36.2 Å². The van der Waals surface area contributed by atoms with Crippen molar-refractivity contribution in [3.8, 4) is 0 Å². The molecule has 0 saturated carbocycles. The highest BCUT2D eigenvalue weighted by molar-refractivity contribution is 5.87. The molecule has 1 aromatic carbocycles. The summed E-state index contributed by atoms with van der Waals surface area (Å²) in [6, 6.07) is 2.99. The first-order valence-corrected chi connectivity index (χ1v) is 4.19. The van der Waals surface area contributed by atoms with E-state index in [1.165, 1.54) is 0 Å². The summed E-state index contributed by atoms with van der Waals surface area (Å²) in [5.74, 6) is -8.96. The number of aromatic carboxylic acids is 1. The summed E-state index contributed by atoms with van der Waals surface area (Å²) < 4.78 is 62.4. The minimum absolute atomic E-state index is 0.435. The Morgan fingerprint density at radius 1 is 1.18 bits per heavy atom. The second-order valence-corrected chi connectivity index (χ2v) is 3.03. The first kappa shape index (κ1) is 13.1. The van der Waals surface area contributed by atoms with Gasteiger partial charge in [-0.15, -0.1) is 0 Å². The SMILES string of the molecule is O=C(O)c1cccc(C(F)(F)C(F)=C(F)F)c1. The lowest BCUT2D eigenvalue weighted by Gasteiger charge is -2.14. The van der Waals surface area contributed by atoms with E-state index in [1.807, 2.05) is 0 Å². The summed E-state index contributed by atoms with van der Waals surface area (Å²) in [4.78, 5) is 10.5. The van der Waals surface area contributed by atoms with Crippen molar-refractivity contribution in [3.63, 3.8) is 0 Å². The zero-order chi connectivity index (χ0) is 13.2. The molecule has 2 nitrogen and oxygen atoms in total. The van der Waals surface area contributed by atoms with Gasteiger partial charge in [0.25, 0.3) is 0 Å². The molecule has 0 spiro atoms. The van der Waals surface area contributed by atoms with Crippen LogP contribution in [-0.2, 0) is 5.92 Å². The molecule has 0 amide bonds. The Bertz CT molecular complexity index is 477. The van der Waals surface area contributed by atoms with Crippen LogP contribution in [-0.4, -0.2) is 11.1 Å². The Hall–Kier alpha value is -1.92. The molecule has 0 aliphatic rings. The molecule has 0 heterocycles. The number of hydrogen-bond acceptors (Lipinski definition) is 1. The number of halogens is 5. The van der Waals surface area contributed by atoms with Gasteiger partial charge in [-0.1, -0.05) is 12.1 Å². The molecule has 0 fully saturated rings. The summed E-state index contributed by atoms with van der Waals surface area (Å²) in [7, 11) is 0. The van der Waals surface area contributed by atoms with Crippen molar-refractivity contribution in [2.24, 2.45) is 0 Å². The van der Waals surface area contributed by atoms with Crippen LogP contribution in [0.2, 0.25) is 0 Å². The third-order valence-corrected chi connectivity index (χ3v) is 1.91. The Balaban J connectivity index is 3.29. The average molecular weight is 252 g/mol. The van der Waals surface area contributed by atoms with Gasteiger partial charge in [-0.2, -0.15) is 22.0 Å². The molecule has 1 rings (SSSR count). The van der Waals surface area contributed by atoms with E-state index in [0.29, 0.717) is 12.1 Å². The summed E-state index contributed by atoms with van der Waals surface area (Å²) >= 11 is 0. The van der Waals surface area contributed by atoms with Crippen molar-refractivity contribution < 1.29 is 31.9 Å². The second-order valence-electron chi connectivity index (χ2n) is 3.03. The summed E-state index contributed by atoms with van der Waals surface area (Å²) in [6.45, 7) is 0. The largest absolute Gasteiger partial charge is 0.478 e. The fourth-order valence-electron chi connectivity index (χ4n) is 1.09. The fourth-order valence-corrected chi connectivity index (χ4v) is 1.09. The predicted molar refractivity (Wildman–Crippen MR) is 47.6 cm³/mol. The van der Waals surface area contributed by atoms with Crippen LogP contribution < -0.4 is 0 Å². The van der Waals surface area contributed by atoms with Gasteiger partial charge in [0.1, 0.15) is 0 Å². The quantitative estimate of drug-likeness (QED) is 0.835. The molecule has 0 aliphatic heterocycles. The maximum Gasteiger partial charge on any atom is 0.335 e. The highest BCUT2D eigenvalue weighted by Gasteiger charge is 2.41. The van der Waals surface area contributed by atoms with E-state index in [4.69, 9.17) is 5.11 Å². The monoisotopic (exact) mass is 252 g/mol. The first-order valence-electron chi connectivity index (χ1n) is 4.19. The minimum atomic E-state index is -4.55. The van der Waals surface area contributed by atoms with E-state index in [1.54, 1.807) is 0 Å². The summed E-state index contributed by atoms with van der Waals surface area (Å²) in [5.41, 5.74) is -1.70. The lowest BCUT2D eigenvalue weighted by Crippen LogP contribution is -2.15. The number of allylic oxidation sites excluding steroid dienone is 1. The zero-order valence-corrected chi connectivity index (χ0v) is 8.05. The maximum absolute atomic E-state index is 13.1. The van der Waals surface area contributed by atoms with Crippen LogP contribution in [0.5, 0.6) is 0 Å². The van der Waals surface area contributed by atoms with Gasteiger partial charge in [-0.25, -0.2) is 4.79 Å². The Morgan fingerprint density at radius 3 is 2.24 bits per heavy atom. The first-order chi connectivity index (χ1) is 7.76. The van der Waals surface area contributed by atoms with Gasteiger partial charge in [0.2, 0.25) is 5.83 Å². The van der Waals surface area contributed by atoms with Crippen molar-refractivity contribution in [1.82, 2.24) is 0 Å². The molecular weight excluding hydrogens is 247 g/mol. The number of hydrogen-bond donors (Lipinski definition) is 1. The number of carbonyl (C=O) groups is 1. The van der Waals surface area contributed by atoms with Crippen LogP contribution in [0, 0.1) is 0 Å². The molecule has 7 heteroatoms. The standard InChI is InChI=1S/C10H5F5O2/c11-7(8(12)13)10(14,15)6-3-1-2-5(4-6)9(16)17/h1-4H,(H,16,17). The topological polar surface area (TPSA) is 37.3 Å². The van der Waals surface area contributed by atoms with Crippen molar-refractivity contribution in [2.75, 3.05) is 0 Å². The molecule has 0 aromatic heterocycles. The smallest absolute Gasteiger partial charge is 0.335 e. The molecular formula is C10H5F5O2. The Kier molecular flexibility index (Phi) is 3.50. The van der Waals surface area contributed by atoms with Gasteiger partial charge in [0, 0.05) is 5.56 Å². The van der Waals surface area contributed by atoms with Crippen molar-refractivity contribution >= 4 is 5.97 Å². The zero-order valence-electron chi connectivity index (χ0n) is 8.05. The molecule has 0 atom stereocenters. The normalized spacial score (nSPS) is 11.1. The Morgan fingerprint density at radius 2 is 1.76 bits per heavy atom. The van der Waals surface area contributed by atoms with E-state index in [-0.39, 0.29) is 0 Å². The molecule has 1 aromatic rings. The van der Waals surface area contributed by atoms with Crippen LogP contribution in [0.4, 0.5) is 22.0 Å². The van der Waals surface area contributed by atoms with Crippen molar-refractivity contribution in [2.45, 2.75) is 5.92 Å². The third-order valence-electron chi connectivity index (χ3n) is 1.91. The molecule has 92 valence electrons. The molecule has 1 N–H and O–H groups in total. The highest BCUT2D eigenvalue weighted by Crippen LogP contribution is 2.39. The number of benzene rings is 1. The van der Waals surface area contributed by atoms with Crippen molar-refractivity contribution in [1.29, 1.82) is 0 Å². The average Bonchev–Trinajstić information content (AvgIpc) is 2.28. The number of rotatable bonds is 3. The van der Waals surface area contributed by atoms with E-state index < -0.39 is 34.9 Å². The fraction of sp³-hybridized carbons (Fsp3) is 0.100. The Labute approximate surface area is 92.0 Å². The van der Waals surface area contributed by atoms with Gasteiger partial charge in [-0.3, -0.25) is 0 Å². The molecule has 0 bridgehead atoms. The molecule has 0 saturated heterocycles. The van der Waals surface area contributed by atoms with Gasteiger partial charge >= 0.3 is 18.0 Å². The lowest BCUT2D eigenvalue weighted by atomic mass is 10.0.